The van der Waals surface area contributed by atoms with Crippen LogP contribution in [0, 0.1) is 0 Å². The number of benzene rings is 1. The molecule has 188 valence electrons. The van der Waals surface area contributed by atoms with Crippen LogP contribution in [0.25, 0.3) is 0 Å². The number of ketones is 1. The molecule has 3 aliphatic rings. The number of Topliss-reactive ketones (excluding diaryl/α,β-unsaturated/α-hetero) is 1. The zero-order valence-corrected chi connectivity index (χ0v) is 21.9. The van der Waals surface area contributed by atoms with E-state index in [4.69, 9.17) is 5.10 Å². The molecular weight excluding hydrogens is 458 g/mol. The highest BCUT2D eigenvalue weighted by Gasteiger charge is 2.34. The summed E-state index contributed by atoms with van der Waals surface area (Å²) in [6.07, 6.45) is 4.09. The summed E-state index contributed by atoms with van der Waals surface area (Å²) < 4.78 is 2.13. The maximum atomic E-state index is 13.4. The fraction of sp³-hybridized carbons (Fsp3) is 0.593. The number of carbonyl (C=O) groups excluding carboxylic acids is 2. The first kappa shape index (κ1) is 24.4. The highest BCUT2D eigenvalue weighted by Crippen LogP contribution is 2.30. The number of nitrogens with zero attached hydrogens (tertiary/aromatic N) is 5. The average Bonchev–Trinajstić information content (AvgIpc) is 3.27. The Morgan fingerprint density at radius 3 is 2.40 bits per heavy atom. The maximum absolute atomic E-state index is 13.4. The lowest BCUT2D eigenvalue weighted by atomic mass is 9.89. The van der Waals surface area contributed by atoms with Crippen LogP contribution in [0.1, 0.15) is 58.8 Å². The number of anilines is 1. The first-order valence-corrected chi connectivity index (χ1v) is 14.3. The molecule has 1 unspecified atom stereocenters. The van der Waals surface area contributed by atoms with Gasteiger partial charge in [0, 0.05) is 85.9 Å². The molecule has 0 saturated carbocycles. The fourth-order valence-corrected chi connectivity index (χ4v) is 6.62. The van der Waals surface area contributed by atoms with Gasteiger partial charge in [-0.15, -0.1) is 0 Å². The minimum atomic E-state index is 0.109. The molecule has 0 bridgehead atoms. The lowest BCUT2D eigenvalue weighted by Crippen LogP contribution is -2.52. The lowest BCUT2D eigenvalue weighted by Gasteiger charge is -2.41. The van der Waals surface area contributed by atoms with Crippen molar-refractivity contribution in [2.24, 2.45) is 0 Å². The van der Waals surface area contributed by atoms with Crippen LogP contribution in [0.2, 0.25) is 0 Å². The Labute approximate surface area is 212 Å². The highest BCUT2D eigenvalue weighted by molar-refractivity contribution is 7.99. The van der Waals surface area contributed by atoms with Crippen molar-refractivity contribution < 1.29 is 9.59 Å². The minimum absolute atomic E-state index is 0.109. The molecule has 0 spiro atoms. The number of amides is 1. The van der Waals surface area contributed by atoms with Crippen molar-refractivity contribution in [3.63, 3.8) is 0 Å². The second-order valence-corrected chi connectivity index (χ2v) is 11.1. The van der Waals surface area contributed by atoms with Crippen LogP contribution in [-0.2, 0) is 19.4 Å². The summed E-state index contributed by atoms with van der Waals surface area (Å²) in [7, 11) is 0. The molecule has 2 aliphatic heterocycles. The number of hydrogen-bond acceptors (Lipinski definition) is 6. The van der Waals surface area contributed by atoms with Crippen LogP contribution in [0.5, 0.6) is 0 Å². The first-order chi connectivity index (χ1) is 17.0. The predicted octanol–water partition coefficient (Wildman–Crippen LogP) is 3.36. The van der Waals surface area contributed by atoms with Crippen molar-refractivity contribution in [3.8, 4) is 0 Å². The number of rotatable bonds is 6. The molecule has 35 heavy (non-hydrogen) atoms. The molecule has 0 radical (unpaired) electrons. The van der Waals surface area contributed by atoms with Gasteiger partial charge in [0.1, 0.15) is 0 Å². The lowest BCUT2D eigenvalue weighted by molar-refractivity contribution is 0.0763. The van der Waals surface area contributed by atoms with Gasteiger partial charge in [-0.25, -0.2) is 0 Å². The number of thioether (sulfide) groups is 1. The van der Waals surface area contributed by atoms with Gasteiger partial charge in [0.05, 0.1) is 0 Å². The standard InChI is InChI=1S/C27H37N5O2S/c1-3-10-32-25-9-8-23(19-24(25)26(28-32)27(34)31-15-17-35-18-16-31)30-13-11-29(12-14-30)22-6-4-21(5-7-22)20(2)33/h4-7,23H,3,8-19H2,1-2H3. The third-order valence-electron chi connectivity index (χ3n) is 7.73. The van der Waals surface area contributed by atoms with E-state index in [1.54, 1.807) is 6.92 Å². The Hall–Kier alpha value is -2.32. The van der Waals surface area contributed by atoms with Crippen molar-refractivity contribution in [1.29, 1.82) is 0 Å². The van der Waals surface area contributed by atoms with E-state index in [0.29, 0.717) is 11.7 Å². The Balaban J connectivity index is 1.27. The molecule has 2 aromatic rings. The van der Waals surface area contributed by atoms with E-state index in [0.717, 1.165) is 88.6 Å². The summed E-state index contributed by atoms with van der Waals surface area (Å²) in [5.41, 5.74) is 5.17. The van der Waals surface area contributed by atoms with Crippen LogP contribution >= 0.6 is 11.8 Å². The van der Waals surface area contributed by atoms with E-state index >= 15 is 0 Å². The number of carbonyl (C=O) groups is 2. The van der Waals surface area contributed by atoms with Crippen molar-refractivity contribution in [3.05, 3.63) is 46.8 Å². The second kappa shape index (κ2) is 10.7. The Kier molecular flexibility index (Phi) is 7.48. The summed E-state index contributed by atoms with van der Waals surface area (Å²) in [5, 5.41) is 4.88. The SMILES string of the molecule is CCCn1nc(C(=O)N2CCSCC2)c2c1CCC(N1CCN(c3ccc(C(C)=O)cc3)CC1)C2. The second-order valence-electron chi connectivity index (χ2n) is 9.92. The summed E-state index contributed by atoms with van der Waals surface area (Å²) in [4.78, 5) is 32.1. The molecule has 5 rings (SSSR count). The van der Waals surface area contributed by atoms with Crippen molar-refractivity contribution in [2.45, 2.75) is 52.1 Å². The summed E-state index contributed by atoms with van der Waals surface area (Å²) >= 11 is 1.93. The van der Waals surface area contributed by atoms with Crippen molar-refractivity contribution >= 4 is 29.1 Å². The Morgan fingerprint density at radius 1 is 1.03 bits per heavy atom. The van der Waals surface area contributed by atoms with Crippen LogP contribution in [-0.4, -0.2) is 88.1 Å². The fourth-order valence-electron chi connectivity index (χ4n) is 5.72. The average molecular weight is 496 g/mol. The molecule has 3 heterocycles. The van der Waals surface area contributed by atoms with E-state index in [2.05, 4.69) is 33.5 Å². The predicted molar refractivity (Wildman–Crippen MR) is 142 cm³/mol. The number of fused-ring (bicyclic) bond motifs is 1. The highest BCUT2D eigenvalue weighted by atomic mass is 32.2. The third-order valence-corrected chi connectivity index (χ3v) is 8.67. The van der Waals surface area contributed by atoms with E-state index < -0.39 is 0 Å². The normalized spacial score (nSPS) is 21.1. The van der Waals surface area contributed by atoms with Gasteiger partial charge >= 0.3 is 0 Å². The van der Waals surface area contributed by atoms with Gasteiger partial charge in [-0.05, 0) is 56.9 Å². The van der Waals surface area contributed by atoms with E-state index in [1.165, 1.54) is 16.9 Å². The summed E-state index contributed by atoms with van der Waals surface area (Å²) in [6.45, 7) is 10.3. The topological polar surface area (TPSA) is 61.7 Å². The van der Waals surface area contributed by atoms with Crippen LogP contribution < -0.4 is 4.90 Å². The van der Waals surface area contributed by atoms with Gasteiger partial charge in [-0.1, -0.05) is 6.92 Å². The van der Waals surface area contributed by atoms with Crippen molar-refractivity contribution in [2.75, 3.05) is 55.7 Å². The monoisotopic (exact) mass is 495 g/mol. The van der Waals surface area contributed by atoms with E-state index in [-0.39, 0.29) is 11.7 Å². The van der Waals surface area contributed by atoms with Gasteiger partial charge < -0.3 is 9.80 Å². The van der Waals surface area contributed by atoms with Crippen LogP contribution in [0.15, 0.2) is 24.3 Å². The molecule has 2 fully saturated rings. The number of aryl methyl sites for hydroxylation is 1. The molecule has 8 heteroatoms. The summed E-state index contributed by atoms with van der Waals surface area (Å²) in [6, 6.07) is 8.46. The third kappa shape index (κ3) is 5.14. The molecular formula is C27H37N5O2S. The molecule has 1 aromatic heterocycles. The minimum Gasteiger partial charge on any atom is -0.369 e. The largest absolute Gasteiger partial charge is 0.369 e. The molecule has 2 saturated heterocycles. The Bertz CT molecular complexity index is 1050. The number of hydrogen-bond donors (Lipinski definition) is 0. The van der Waals surface area contributed by atoms with Crippen molar-refractivity contribution in [1.82, 2.24) is 19.6 Å². The molecule has 1 aliphatic carbocycles. The quantitative estimate of drug-likeness (QED) is 0.573. The van der Waals surface area contributed by atoms with Gasteiger partial charge in [0.2, 0.25) is 0 Å². The number of piperazine rings is 1. The smallest absolute Gasteiger partial charge is 0.274 e. The van der Waals surface area contributed by atoms with Crippen LogP contribution in [0.4, 0.5) is 5.69 Å². The molecule has 1 atom stereocenters. The molecule has 1 aromatic carbocycles. The Morgan fingerprint density at radius 2 is 1.74 bits per heavy atom. The van der Waals surface area contributed by atoms with Crippen LogP contribution in [0.3, 0.4) is 0 Å². The molecule has 7 nitrogen and oxygen atoms in total. The zero-order valence-electron chi connectivity index (χ0n) is 21.0. The number of aromatic nitrogens is 2. The van der Waals surface area contributed by atoms with Gasteiger partial charge in [-0.2, -0.15) is 16.9 Å². The molecule has 1 amide bonds. The van der Waals surface area contributed by atoms with Gasteiger partial charge in [0.15, 0.2) is 11.5 Å². The van der Waals surface area contributed by atoms with E-state index in [1.807, 2.05) is 28.8 Å². The van der Waals surface area contributed by atoms with E-state index in [9.17, 15) is 9.59 Å². The first-order valence-electron chi connectivity index (χ1n) is 13.1. The maximum Gasteiger partial charge on any atom is 0.274 e. The molecule has 0 N–H and O–H groups in total. The summed E-state index contributed by atoms with van der Waals surface area (Å²) in [5.74, 6) is 2.29. The zero-order chi connectivity index (χ0) is 24.4. The van der Waals surface area contributed by atoms with Gasteiger partial charge in [0.25, 0.3) is 5.91 Å². The van der Waals surface area contributed by atoms with Gasteiger partial charge in [-0.3, -0.25) is 19.2 Å².